The molecule has 46 valence electrons. The number of methoxy groups -OCH3 is 1. The van der Waals surface area contributed by atoms with Crippen molar-refractivity contribution in [1.82, 2.24) is 0 Å². The molecule has 0 spiro atoms. The normalized spacial score (nSPS) is 21.2. The molecule has 8 heavy (non-hydrogen) atoms. The van der Waals surface area contributed by atoms with Crippen molar-refractivity contribution in [3.8, 4) is 0 Å². The van der Waals surface area contributed by atoms with Crippen LogP contribution in [0.25, 0.3) is 0 Å². The maximum atomic E-state index is 10.7. The molecule has 0 N–H and O–H groups in total. The Morgan fingerprint density at radius 3 is 3.00 bits per heavy atom. The van der Waals surface area contributed by atoms with Crippen LogP contribution < -0.4 is 0 Å². The largest absolute Gasteiger partial charge is 0.466 e. The number of rotatable bonds is 1. The fourth-order valence-corrected chi connectivity index (χ4v) is 0.204. The summed E-state index contributed by atoms with van der Waals surface area (Å²) < 4.78 is 31.9. The van der Waals surface area contributed by atoms with Crippen LogP contribution in [0.3, 0.4) is 0 Å². The highest BCUT2D eigenvalue weighted by atomic mass is 16.5. The Hall–Kier alpha value is -0.790. The first-order valence-electron chi connectivity index (χ1n) is 4.07. The van der Waals surface area contributed by atoms with Crippen molar-refractivity contribution in [2.24, 2.45) is 0 Å². The summed E-state index contributed by atoms with van der Waals surface area (Å²) in [6, 6.07) is -0.600. The van der Waals surface area contributed by atoms with Crippen LogP contribution in [0.15, 0.2) is 11.6 Å². The monoisotopic (exact) mass is 118 g/mol. The van der Waals surface area contributed by atoms with Gasteiger partial charge in [0.05, 0.1) is 8.48 Å². The maximum Gasteiger partial charge on any atom is 0.330 e. The summed E-state index contributed by atoms with van der Waals surface area (Å²) in [7, 11) is 1.10. The van der Waals surface area contributed by atoms with Gasteiger partial charge in [0, 0.05) is 10.2 Å². The zero-order valence-corrected chi connectivity index (χ0v) is 4.82. The van der Waals surface area contributed by atoms with Crippen LogP contribution >= 0.6 is 0 Å². The molecule has 0 atom stereocenters. The number of esters is 1. The molecule has 0 aromatic carbocycles. The maximum absolute atomic E-state index is 10.7. The van der Waals surface area contributed by atoms with E-state index in [4.69, 9.17) is 5.48 Å². The average molecular weight is 118 g/mol. The van der Waals surface area contributed by atoms with E-state index in [1.807, 2.05) is 0 Å². The van der Waals surface area contributed by atoms with E-state index < -0.39 is 18.9 Å². The lowest BCUT2D eigenvalue weighted by Crippen LogP contribution is -1.94. The zero-order valence-electron chi connectivity index (χ0n) is 8.82. The Labute approximate surface area is 54.8 Å². The van der Waals surface area contributed by atoms with E-state index in [1.165, 1.54) is 6.92 Å². The standard InChI is InChI=1S/C6H10O2/c1-5(2)4-6(7)8-3/h4H,1-3H3/i1D3,4D/b5-4-. The Balaban J connectivity index is 4.82. The molecule has 0 saturated heterocycles. The second-order valence-electron chi connectivity index (χ2n) is 1.24. The fraction of sp³-hybridized carbons (Fsp3) is 0.500. The molecular formula is C6H10O2. The molecule has 0 amide bonds. The van der Waals surface area contributed by atoms with Crippen molar-refractivity contribution in [1.29, 1.82) is 0 Å². The van der Waals surface area contributed by atoms with Crippen molar-refractivity contribution in [3.63, 3.8) is 0 Å². The number of hydrogen-bond donors (Lipinski definition) is 0. The van der Waals surface area contributed by atoms with Crippen LogP contribution in [0.5, 0.6) is 0 Å². The minimum Gasteiger partial charge on any atom is -0.466 e. The summed E-state index contributed by atoms with van der Waals surface area (Å²) >= 11 is 0. The molecule has 0 aliphatic carbocycles. The van der Waals surface area contributed by atoms with Crippen molar-refractivity contribution >= 4 is 5.97 Å². The van der Waals surface area contributed by atoms with E-state index in [0.29, 0.717) is 0 Å². The van der Waals surface area contributed by atoms with Crippen LogP contribution in [0, 0.1) is 0 Å². The fourth-order valence-electron chi connectivity index (χ4n) is 0.204. The number of hydrogen-bond acceptors (Lipinski definition) is 2. The molecule has 0 unspecified atom stereocenters. The molecule has 0 bridgehead atoms. The van der Waals surface area contributed by atoms with Crippen molar-refractivity contribution in [2.45, 2.75) is 13.8 Å². The topological polar surface area (TPSA) is 26.3 Å². The van der Waals surface area contributed by atoms with Gasteiger partial charge >= 0.3 is 5.97 Å². The second kappa shape index (κ2) is 3.24. The molecule has 0 aromatic heterocycles. The quantitative estimate of drug-likeness (QED) is 0.381. The summed E-state index contributed by atoms with van der Waals surface area (Å²) in [5, 5.41) is 0. The highest BCUT2D eigenvalue weighted by molar-refractivity contribution is 5.82. The smallest absolute Gasteiger partial charge is 0.330 e. The molecule has 0 aliphatic heterocycles. The average Bonchev–Trinajstić information content (AvgIpc) is 1.98. The van der Waals surface area contributed by atoms with Gasteiger partial charge in [-0.3, -0.25) is 0 Å². The van der Waals surface area contributed by atoms with Crippen molar-refractivity contribution in [2.75, 3.05) is 7.11 Å². The molecule has 0 saturated carbocycles. The Bertz CT molecular complexity index is 216. The summed E-state index contributed by atoms with van der Waals surface area (Å²) in [5.41, 5.74) is -0.255. The number of ether oxygens (including phenoxy) is 1. The van der Waals surface area contributed by atoms with Crippen LogP contribution in [-0.2, 0) is 9.53 Å². The molecular weight excluding hydrogens is 104 g/mol. The third kappa shape index (κ3) is 3.40. The Kier molecular flexibility index (Phi) is 1.08. The van der Waals surface area contributed by atoms with E-state index in [0.717, 1.165) is 7.11 Å². The second-order valence-corrected chi connectivity index (χ2v) is 1.24. The van der Waals surface area contributed by atoms with E-state index in [2.05, 4.69) is 4.74 Å². The van der Waals surface area contributed by atoms with E-state index >= 15 is 0 Å². The first-order valence-corrected chi connectivity index (χ1v) is 2.07. The van der Waals surface area contributed by atoms with E-state index in [-0.39, 0.29) is 5.57 Å². The van der Waals surface area contributed by atoms with Crippen LogP contribution in [0.2, 0.25) is 0 Å². The van der Waals surface area contributed by atoms with Gasteiger partial charge in [0.25, 0.3) is 0 Å². The molecule has 0 aromatic rings. The van der Waals surface area contributed by atoms with Crippen LogP contribution in [0.1, 0.15) is 19.3 Å². The molecule has 2 heteroatoms. The Morgan fingerprint density at radius 2 is 2.62 bits per heavy atom. The molecule has 0 rings (SSSR count). The van der Waals surface area contributed by atoms with Gasteiger partial charge < -0.3 is 4.74 Å². The first-order chi connectivity index (χ1) is 5.30. The van der Waals surface area contributed by atoms with Crippen molar-refractivity contribution in [3.05, 3.63) is 11.6 Å². The van der Waals surface area contributed by atoms with Gasteiger partial charge in [0.1, 0.15) is 0 Å². The van der Waals surface area contributed by atoms with Crippen molar-refractivity contribution < 1.29 is 15.0 Å². The zero-order chi connectivity index (χ0) is 9.94. The van der Waals surface area contributed by atoms with Gasteiger partial charge in [-0.1, -0.05) is 5.57 Å². The lowest BCUT2D eigenvalue weighted by atomic mass is 10.3. The summed E-state index contributed by atoms with van der Waals surface area (Å²) in [4.78, 5) is 10.7. The van der Waals surface area contributed by atoms with E-state index in [9.17, 15) is 4.79 Å². The highest BCUT2D eigenvalue weighted by Crippen LogP contribution is 1.88. The van der Waals surface area contributed by atoms with Gasteiger partial charge in [0.2, 0.25) is 0 Å². The predicted octanol–water partition coefficient (Wildman–Crippen LogP) is 1.13. The number of carbonyl (C=O) groups is 1. The minimum atomic E-state index is -2.40. The number of allylic oxidation sites excluding steroid dienone is 1. The lowest BCUT2D eigenvalue weighted by molar-refractivity contribution is -0.134. The summed E-state index contributed by atoms with van der Waals surface area (Å²) in [5.74, 6) is -0.927. The van der Waals surface area contributed by atoms with Crippen LogP contribution in [0.4, 0.5) is 0 Å². The molecule has 0 heterocycles. The van der Waals surface area contributed by atoms with Gasteiger partial charge in [-0.2, -0.15) is 0 Å². The van der Waals surface area contributed by atoms with Crippen LogP contribution in [-0.4, -0.2) is 13.1 Å². The molecule has 2 nitrogen and oxygen atoms in total. The first kappa shape index (κ1) is 2.67. The Morgan fingerprint density at radius 1 is 2.00 bits per heavy atom. The van der Waals surface area contributed by atoms with Gasteiger partial charge in [-0.15, -0.1) is 0 Å². The SMILES string of the molecule is [2H]/C(C(=O)OC)=C(/C)C([2H])([2H])[2H]. The van der Waals surface area contributed by atoms with E-state index in [1.54, 1.807) is 0 Å². The summed E-state index contributed by atoms with van der Waals surface area (Å²) in [6.45, 7) is -1.18. The minimum absolute atomic E-state index is 0.255. The third-order valence-electron chi connectivity index (χ3n) is 0.475. The van der Waals surface area contributed by atoms with Gasteiger partial charge in [-0.25, -0.2) is 4.79 Å². The third-order valence-corrected chi connectivity index (χ3v) is 0.475. The highest BCUT2D eigenvalue weighted by Gasteiger charge is 1.89. The molecule has 0 aliphatic rings. The predicted molar refractivity (Wildman–Crippen MR) is 31.4 cm³/mol. The lowest BCUT2D eigenvalue weighted by Gasteiger charge is -1.89. The number of carbonyl (C=O) groups excluding carboxylic acids is 1. The summed E-state index contributed by atoms with van der Waals surface area (Å²) in [6.07, 6.45) is 0. The van der Waals surface area contributed by atoms with Gasteiger partial charge in [0.15, 0.2) is 0 Å². The molecule has 0 fully saturated rings. The molecule has 0 radical (unpaired) electrons. The van der Waals surface area contributed by atoms with Gasteiger partial charge in [-0.05, 0) is 13.8 Å².